The van der Waals surface area contributed by atoms with Crippen LogP contribution in [0.15, 0.2) is 54.6 Å². The summed E-state index contributed by atoms with van der Waals surface area (Å²) in [5.74, 6) is 2.02. The Kier molecular flexibility index (Phi) is 7.17. The van der Waals surface area contributed by atoms with Gasteiger partial charge in [0.15, 0.2) is 0 Å². The third kappa shape index (κ3) is 5.48. The van der Waals surface area contributed by atoms with E-state index < -0.39 is 25.9 Å². The van der Waals surface area contributed by atoms with Crippen LogP contribution in [0, 0.1) is 5.92 Å². The minimum atomic E-state index is -3.45. The summed E-state index contributed by atoms with van der Waals surface area (Å²) in [7, 11) is -5.81. The molecule has 6 nitrogen and oxygen atoms in total. The average Bonchev–Trinajstić information content (AvgIpc) is 2.77. The first-order valence-electron chi connectivity index (χ1n) is 11.3. The maximum atomic E-state index is 13.4. The van der Waals surface area contributed by atoms with Gasteiger partial charge in [-0.25, -0.2) is 8.42 Å². The van der Waals surface area contributed by atoms with Crippen molar-refractivity contribution in [2.24, 2.45) is 5.92 Å². The standard InChI is InChI=1S/C24H33NO5S2/c1-19-7-12-24(22-5-3-2-4-6-22)32(28,29)25(19)17-20-8-10-23(11-9-20)30-18-21-13-15-31(26,27)16-14-21/h2-6,8-11,19,21,24,26-27H,7,12-18H2,1H3/t19-,24+/m0/s1. The molecule has 2 aliphatic rings. The Labute approximate surface area is 193 Å². The predicted molar refractivity (Wildman–Crippen MR) is 130 cm³/mol. The van der Waals surface area contributed by atoms with Crippen LogP contribution in [0.4, 0.5) is 0 Å². The molecule has 2 saturated heterocycles. The van der Waals surface area contributed by atoms with E-state index >= 15 is 0 Å². The fourth-order valence-corrected chi connectivity index (χ4v) is 8.38. The summed E-state index contributed by atoms with van der Waals surface area (Å²) >= 11 is 0. The molecule has 2 atom stereocenters. The van der Waals surface area contributed by atoms with Crippen molar-refractivity contribution >= 4 is 20.6 Å². The summed E-state index contributed by atoms with van der Waals surface area (Å²) in [6.07, 6.45) is 3.03. The van der Waals surface area contributed by atoms with Crippen molar-refractivity contribution in [3.8, 4) is 5.75 Å². The first kappa shape index (κ1) is 23.6. The Morgan fingerprint density at radius 2 is 1.59 bits per heavy atom. The van der Waals surface area contributed by atoms with Crippen LogP contribution in [0.3, 0.4) is 0 Å². The van der Waals surface area contributed by atoms with Gasteiger partial charge < -0.3 is 4.74 Å². The molecular formula is C24H33NO5S2. The molecule has 0 saturated carbocycles. The van der Waals surface area contributed by atoms with E-state index in [4.69, 9.17) is 4.74 Å². The molecular weight excluding hydrogens is 446 g/mol. The normalized spacial score (nSPS) is 27.0. The topological polar surface area (TPSA) is 87.1 Å². The molecule has 2 aromatic rings. The molecule has 176 valence electrons. The first-order chi connectivity index (χ1) is 15.2. The highest BCUT2D eigenvalue weighted by Crippen LogP contribution is 2.45. The van der Waals surface area contributed by atoms with E-state index in [-0.39, 0.29) is 6.04 Å². The molecule has 0 bridgehead atoms. The lowest BCUT2D eigenvalue weighted by Crippen LogP contribution is -2.44. The Morgan fingerprint density at radius 1 is 0.938 bits per heavy atom. The molecule has 4 rings (SSSR count). The SMILES string of the molecule is C[C@H]1CC[C@H](c2ccccc2)S(=O)(=O)N1Cc1ccc(OCC2CCS(O)(O)CC2)cc1. The Balaban J connectivity index is 1.38. The zero-order valence-electron chi connectivity index (χ0n) is 18.5. The van der Waals surface area contributed by atoms with Gasteiger partial charge in [0.05, 0.1) is 6.61 Å². The number of sulfonamides is 1. The minimum absolute atomic E-state index is 0.0329. The van der Waals surface area contributed by atoms with Crippen molar-refractivity contribution in [3.05, 3.63) is 65.7 Å². The van der Waals surface area contributed by atoms with Crippen molar-refractivity contribution in [2.45, 2.75) is 50.4 Å². The van der Waals surface area contributed by atoms with Gasteiger partial charge in [0, 0.05) is 24.1 Å². The van der Waals surface area contributed by atoms with Gasteiger partial charge in [-0.15, -0.1) is 0 Å². The number of hydrogen-bond donors (Lipinski definition) is 2. The molecule has 2 heterocycles. The van der Waals surface area contributed by atoms with Gasteiger partial charge in [-0.05, 0) is 61.8 Å². The van der Waals surface area contributed by atoms with Crippen LogP contribution >= 0.6 is 10.6 Å². The Bertz CT molecular complexity index is 985. The molecule has 32 heavy (non-hydrogen) atoms. The van der Waals surface area contributed by atoms with Crippen LogP contribution in [0.25, 0.3) is 0 Å². The molecule has 0 spiro atoms. The van der Waals surface area contributed by atoms with Crippen molar-refractivity contribution in [1.29, 1.82) is 0 Å². The summed E-state index contributed by atoms with van der Waals surface area (Å²) in [6.45, 7) is 2.90. The molecule has 2 aromatic carbocycles. The number of ether oxygens (including phenoxy) is 1. The van der Waals surface area contributed by atoms with E-state index in [1.807, 2.05) is 61.5 Å². The molecule has 8 heteroatoms. The maximum absolute atomic E-state index is 13.4. The zero-order chi connectivity index (χ0) is 22.8. The van der Waals surface area contributed by atoms with Crippen LogP contribution in [-0.4, -0.2) is 46.0 Å². The lowest BCUT2D eigenvalue weighted by Gasteiger charge is -2.39. The van der Waals surface area contributed by atoms with Crippen LogP contribution in [0.2, 0.25) is 0 Å². The zero-order valence-corrected chi connectivity index (χ0v) is 20.1. The van der Waals surface area contributed by atoms with Crippen molar-refractivity contribution < 1.29 is 22.3 Å². The van der Waals surface area contributed by atoms with Gasteiger partial charge >= 0.3 is 0 Å². The van der Waals surface area contributed by atoms with Gasteiger partial charge in [-0.2, -0.15) is 14.9 Å². The van der Waals surface area contributed by atoms with Crippen LogP contribution in [0.1, 0.15) is 49.0 Å². The summed E-state index contributed by atoms with van der Waals surface area (Å²) in [6, 6.07) is 17.1. The lowest BCUT2D eigenvalue weighted by molar-refractivity contribution is 0.235. The third-order valence-corrected chi connectivity index (χ3v) is 10.8. The summed E-state index contributed by atoms with van der Waals surface area (Å²) in [5, 5.41) is -0.489. The highest BCUT2D eigenvalue weighted by molar-refractivity contribution is 8.24. The molecule has 2 aliphatic heterocycles. The smallest absolute Gasteiger partial charge is 0.221 e. The van der Waals surface area contributed by atoms with Gasteiger partial charge in [0.25, 0.3) is 0 Å². The number of hydrogen-bond acceptors (Lipinski definition) is 5. The second kappa shape index (κ2) is 9.73. The summed E-state index contributed by atoms with van der Waals surface area (Å²) < 4.78 is 53.8. The highest BCUT2D eigenvalue weighted by Gasteiger charge is 2.40. The molecule has 2 N–H and O–H groups in total. The second-order valence-electron chi connectivity index (χ2n) is 9.02. The maximum Gasteiger partial charge on any atom is 0.221 e. The van der Waals surface area contributed by atoms with Crippen LogP contribution < -0.4 is 4.74 Å². The first-order valence-corrected chi connectivity index (χ1v) is 14.6. The van der Waals surface area contributed by atoms with Crippen molar-refractivity contribution in [2.75, 3.05) is 18.1 Å². The quantitative estimate of drug-likeness (QED) is 0.588. The molecule has 0 aliphatic carbocycles. The third-order valence-electron chi connectivity index (χ3n) is 6.65. The van der Waals surface area contributed by atoms with Crippen molar-refractivity contribution in [1.82, 2.24) is 4.31 Å². The monoisotopic (exact) mass is 479 g/mol. The van der Waals surface area contributed by atoms with E-state index in [1.54, 1.807) is 4.31 Å². The van der Waals surface area contributed by atoms with E-state index in [0.29, 0.717) is 37.0 Å². The number of rotatable bonds is 6. The average molecular weight is 480 g/mol. The highest BCUT2D eigenvalue weighted by atomic mass is 32.3. The molecule has 0 unspecified atom stereocenters. The molecule has 0 radical (unpaired) electrons. The summed E-state index contributed by atoms with van der Waals surface area (Å²) in [4.78, 5) is 0. The van der Waals surface area contributed by atoms with Gasteiger partial charge in [-0.1, -0.05) is 42.5 Å². The lowest BCUT2D eigenvalue weighted by atomic mass is 10.0. The fraction of sp³-hybridized carbons (Fsp3) is 0.500. The van der Waals surface area contributed by atoms with E-state index in [9.17, 15) is 17.5 Å². The van der Waals surface area contributed by atoms with E-state index in [0.717, 1.165) is 36.1 Å². The van der Waals surface area contributed by atoms with Crippen LogP contribution in [0.5, 0.6) is 5.75 Å². The fourth-order valence-electron chi connectivity index (χ4n) is 4.56. The Hall–Kier alpha value is -1.58. The number of nitrogens with zero attached hydrogens (tertiary/aromatic N) is 1. The summed E-state index contributed by atoms with van der Waals surface area (Å²) in [5.41, 5.74) is 1.80. The largest absolute Gasteiger partial charge is 0.493 e. The molecule has 2 fully saturated rings. The predicted octanol–water partition coefficient (Wildman–Crippen LogP) is 5.28. The van der Waals surface area contributed by atoms with Gasteiger partial charge in [0.2, 0.25) is 10.0 Å². The van der Waals surface area contributed by atoms with Crippen molar-refractivity contribution in [3.63, 3.8) is 0 Å². The van der Waals surface area contributed by atoms with Crippen LogP contribution in [-0.2, 0) is 16.6 Å². The molecule has 0 amide bonds. The van der Waals surface area contributed by atoms with Gasteiger partial charge in [0.1, 0.15) is 11.0 Å². The molecule has 0 aromatic heterocycles. The second-order valence-corrected chi connectivity index (χ2v) is 13.5. The van der Waals surface area contributed by atoms with Gasteiger partial charge in [-0.3, -0.25) is 9.11 Å². The van der Waals surface area contributed by atoms with E-state index in [1.165, 1.54) is 0 Å². The van der Waals surface area contributed by atoms with E-state index in [2.05, 4.69) is 0 Å². The Morgan fingerprint density at radius 3 is 2.25 bits per heavy atom. The minimum Gasteiger partial charge on any atom is -0.493 e. The number of benzene rings is 2.